The van der Waals surface area contributed by atoms with Crippen molar-refractivity contribution in [1.29, 1.82) is 0 Å². The maximum Gasteiger partial charge on any atom is 0.220 e. The normalized spacial score (nSPS) is 20.3. The summed E-state index contributed by atoms with van der Waals surface area (Å²) in [5, 5.41) is 2.97. The Kier molecular flexibility index (Phi) is 6.24. The van der Waals surface area contributed by atoms with Crippen LogP contribution >= 0.6 is 11.3 Å². The largest absolute Gasteiger partial charge is 0.378 e. The molecule has 2 rings (SSSR count). The van der Waals surface area contributed by atoms with Gasteiger partial charge in [-0.25, -0.2) is 0 Å². The minimum absolute atomic E-state index is 0.123. The van der Waals surface area contributed by atoms with Crippen LogP contribution in [-0.2, 0) is 16.1 Å². The molecule has 4 nitrogen and oxygen atoms in total. The molecule has 1 aromatic rings. The summed E-state index contributed by atoms with van der Waals surface area (Å²) in [6.45, 7) is 3.72. The van der Waals surface area contributed by atoms with Crippen molar-refractivity contribution in [3.8, 4) is 11.8 Å². The van der Waals surface area contributed by atoms with Crippen LogP contribution in [0.1, 0.15) is 35.9 Å². The summed E-state index contributed by atoms with van der Waals surface area (Å²) in [7, 11) is 0. The number of ether oxygens (including phenoxy) is 1. The van der Waals surface area contributed by atoms with E-state index in [1.807, 2.05) is 19.1 Å². The first-order chi connectivity index (χ1) is 10.2. The Morgan fingerprint density at radius 2 is 2.33 bits per heavy atom. The summed E-state index contributed by atoms with van der Waals surface area (Å²) < 4.78 is 5.50. The van der Waals surface area contributed by atoms with Gasteiger partial charge in [0.25, 0.3) is 0 Å². The maximum absolute atomic E-state index is 11.9. The Bertz CT molecular complexity index is 524. The second-order valence-electron chi connectivity index (χ2n) is 5.17. The van der Waals surface area contributed by atoms with Crippen molar-refractivity contribution < 1.29 is 9.53 Å². The van der Waals surface area contributed by atoms with Crippen LogP contribution in [0.4, 0.5) is 0 Å². The van der Waals surface area contributed by atoms with Crippen molar-refractivity contribution in [3.05, 3.63) is 21.9 Å². The standard InChI is InChI=1S/C16H22N2O2S/c1-2-20-13-8-12(9-13)10-16(19)18-11-15-6-5-14(21-15)4-3-7-17/h5-6,12-13H,2,7-11,17H2,1H3,(H,18,19). The second-order valence-corrected chi connectivity index (χ2v) is 6.34. The van der Waals surface area contributed by atoms with Gasteiger partial charge < -0.3 is 15.8 Å². The van der Waals surface area contributed by atoms with Gasteiger partial charge in [-0.1, -0.05) is 11.8 Å². The van der Waals surface area contributed by atoms with Crippen LogP contribution in [0.2, 0.25) is 0 Å². The highest BCUT2D eigenvalue weighted by Crippen LogP contribution is 2.32. The Morgan fingerprint density at radius 3 is 3.05 bits per heavy atom. The second kappa shape index (κ2) is 8.18. The van der Waals surface area contributed by atoms with Gasteiger partial charge in [-0.05, 0) is 37.8 Å². The van der Waals surface area contributed by atoms with E-state index in [0.717, 1.165) is 29.2 Å². The summed E-state index contributed by atoms with van der Waals surface area (Å²) in [5.74, 6) is 6.43. The number of carbonyl (C=O) groups excluding carboxylic acids is 1. The lowest BCUT2D eigenvalue weighted by atomic mass is 9.80. The van der Waals surface area contributed by atoms with Gasteiger partial charge in [-0.2, -0.15) is 0 Å². The van der Waals surface area contributed by atoms with E-state index in [0.29, 0.717) is 31.5 Å². The summed E-state index contributed by atoms with van der Waals surface area (Å²) in [5.41, 5.74) is 5.34. The monoisotopic (exact) mass is 306 g/mol. The zero-order valence-electron chi connectivity index (χ0n) is 12.4. The van der Waals surface area contributed by atoms with Crippen molar-refractivity contribution in [3.63, 3.8) is 0 Å². The summed E-state index contributed by atoms with van der Waals surface area (Å²) in [6, 6.07) is 3.97. The van der Waals surface area contributed by atoms with E-state index in [-0.39, 0.29) is 5.91 Å². The lowest BCUT2D eigenvalue weighted by Crippen LogP contribution is -2.35. The number of carbonyl (C=O) groups is 1. The van der Waals surface area contributed by atoms with E-state index in [1.54, 1.807) is 11.3 Å². The Hall–Kier alpha value is -1.35. The highest BCUT2D eigenvalue weighted by Gasteiger charge is 2.30. The van der Waals surface area contributed by atoms with Crippen molar-refractivity contribution in [2.75, 3.05) is 13.2 Å². The number of nitrogens with two attached hydrogens (primary N) is 1. The van der Waals surface area contributed by atoms with Gasteiger partial charge in [0, 0.05) is 17.9 Å². The van der Waals surface area contributed by atoms with E-state index in [9.17, 15) is 4.79 Å². The molecular formula is C16H22N2O2S. The van der Waals surface area contributed by atoms with Crippen LogP contribution < -0.4 is 11.1 Å². The average molecular weight is 306 g/mol. The quantitative estimate of drug-likeness (QED) is 0.789. The third-order valence-corrected chi connectivity index (χ3v) is 4.50. The molecule has 3 N–H and O–H groups in total. The van der Waals surface area contributed by atoms with Crippen LogP contribution in [0, 0.1) is 17.8 Å². The molecule has 1 saturated carbocycles. The number of nitrogens with one attached hydrogen (secondary N) is 1. The summed E-state index contributed by atoms with van der Waals surface area (Å²) in [6.07, 6.45) is 3.00. The first-order valence-corrected chi connectivity index (χ1v) is 8.18. The molecule has 0 spiro atoms. The predicted octanol–water partition coefficient (Wildman–Crippen LogP) is 1.88. The zero-order chi connectivity index (χ0) is 15.1. The van der Waals surface area contributed by atoms with Gasteiger partial charge in [0.05, 0.1) is 24.1 Å². The fraction of sp³-hybridized carbons (Fsp3) is 0.562. The Morgan fingerprint density at radius 1 is 1.52 bits per heavy atom. The van der Waals surface area contributed by atoms with Gasteiger partial charge in [-0.15, -0.1) is 11.3 Å². The number of hydrogen-bond acceptors (Lipinski definition) is 4. The zero-order valence-corrected chi connectivity index (χ0v) is 13.2. The van der Waals surface area contributed by atoms with Crippen molar-refractivity contribution in [2.45, 2.75) is 38.8 Å². The van der Waals surface area contributed by atoms with E-state index < -0.39 is 0 Å². The third-order valence-electron chi connectivity index (χ3n) is 3.50. The molecule has 1 amide bonds. The molecule has 0 bridgehead atoms. The average Bonchev–Trinajstić information content (AvgIpc) is 2.88. The minimum Gasteiger partial charge on any atom is -0.378 e. The van der Waals surface area contributed by atoms with E-state index in [1.165, 1.54) is 0 Å². The molecule has 0 atom stereocenters. The van der Waals surface area contributed by atoms with Crippen molar-refractivity contribution >= 4 is 17.2 Å². The first-order valence-electron chi connectivity index (χ1n) is 7.37. The fourth-order valence-corrected chi connectivity index (χ4v) is 3.23. The van der Waals surface area contributed by atoms with Crippen molar-refractivity contribution in [2.24, 2.45) is 11.7 Å². The molecule has 0 aliphatic heterocycles. The van der Waals surface area contributed by atoms with Gasteiger partial charge >= 0.3 is 0 Å². The summed E-state index contributed by atoms with van der Waals surface area (Å²) in [4.78, 5) is 14.0. The lowest BCUT2D eigenvalue weighted by molar-refractivity contribution is -0.124. The smallest absolute Gasteiger partial charge is 0.220 e. The third kappa shape index (κ3) is 5.16. The molecule has 0 radical (unpaired) electrons. The van der Waals surface area contributed by atoms with Gasteiger partial charge in [-0.3, -0.25) is 4.79 Å². The van der Waals surface area contributed by atoms with Crippen LogP contribution in [0.5, 0.6) is 0 Å². The van der Waals surface area contributed by atoms with E-state index >= 15 is 0 Å². The van der Waals surface area contributed by atoms with E-state index in [2.05, 4.69) is 17.2 Å². The van der Waals surface area contributed by atoms with Gasteiger partial charge in [0.2, 0.25) is 5.91 Å². The molecular weight excluding hydrogens is 284 g/mol. The molecule has 1 aliphatic rings. The van der Waals surface area contributed by atoms with Crippen LogP contribution in [-0.4, -0.2) is 25.2 Å². The molecule has 1 fully saturated rings. The van der Waals surface area contributed by atoms with Gasteiger partial charge in [0.15, 0.2) is 0 Å². The molecule has 1 aliphatic carbocycles. The first kappa shape index (κ1) is 16.0. The molecule has 21 heavy (non-hydrogen) atoms. The van der Waals surface area contributed by atoms with Crippen molar-refractivity contribution in [1.82, 2.24) is 5.32 Å². The maximum atomic E-state index is 11.9. The SMILES string of the molecule is CCOC1CC(CC(=O)NCc2ccc(C#CCN)s2)C1. The highest BCUT2D eigenvalue weighted by molar-refractivity contribution is 7.12. The predicted molar refractivity (Wildman–Crippen MR) is 84.9 cm³/mol. The molecule has 1 heterocycles. The number of hydrogen-bond donors (Lipinski definition) is 2. The Balaban J connectivity index is 1.66. The highest BCUT2D eigenvalue weighted by atomic mass is 32.1. The minimum atomic E-state index is 0.123. The molecule has 0 saturated heterocycles. The summed E-state index contributed by atoms with van der Waals surface area (Å²) >= 11 is 1.60. The van der Waals surface area contributed by atoms with Crippen LogP contribution in [0.25, 0.3) is 0 Å². The molecule has 5 heteroatoms. The number of amides is 1. The molecule has 114 valence electrons. The molecule has 0 unspecified atom stereocenters. The topological polar surface area (TPSA) is 64.3 Å². The molecule has 1 aromatic heterocycles. The lowest BCUT2D eigenvalue weighted by Gasteiger charge is -2.34. The van der Waals surface area contributed by atoms with Gasteiger partial charge in [0.1, 0.15) is 0 Å². The fourth-order valence-electron chi connectivity index (χ4n) is 2.41. The Labute approximate surface area is 130 Å². The van der Waals surface area contributed by atoms with E-state index in [4.69, 9.17) is 10.5 Å². The number of rotatable bonds is 6. The van der Waals surface area contributed by atoms with Crippen LogP contribution in [0.15, 0.2) is 12.1 Å². The molecule has 0 aromatic carbocycles. The number of thiophene rings is 1. The van der Waals surface area contributed by atoms with Crippen LogP contribution in [0.3, 0.4) is 0 Å².